The number of methoxy groups -OCH3 is 1. The molecular formula is C24H31FN7O4PS. The van der Waals surface area contributed by atoms with Gasteiger partial charge in [0, 0.05) is 26.7 Å². The number of fused-ring (bicyclic) bond motifs is 1. The van der Waals surface area contributed by atoms with Gasteiger partial charge in [0.15, 0.2) is 17.0 Å². The average molecular weight is 564 g/mol. The number of halogens is 1. The van der Waals surface area contributed by atoms with Crippen LogP contribution in [0.25, 0.3) is 17.0 Å². The number of carbonyl (C=O) groups excluding carboxylic acids is 1. The quantitative estimate of drug-likeness (QED) is 0.278. The predicted octanol–water partition coefficient (Wildman–Crippen LogP) is 3.43. The van der Waals surface area contributed by atoms with E-state index < -0.39 is 30.9 Å². The summed E-state index contributed by atoms with van der Waals surface area (Å²) in [6.07, 6.45) is -1.20. The fourth-order valence-electron chi connectivity index (χ4n) is 4.14. The summed E-state index contributed by atoms with van der Waals surface area (Å²) in [6, 6.07) is 8.70. The van der Waals surface area contributed by atoms with Gasteiger partial charge in [-0.1, -0.05) is 30.3 Å². The van der Waals surface area contributed by atoms with Crippen molar-refractivity contribution in [1.82, 2.24) is 24.6 Å². The zero-order valence-corrected chi connectivity index (χ0v) is 23.6. The van der Waals surface area contributed by atoms with Gasteiger partial charge in [0.05, 0.1) is 7.11 Å². The van der Waals surface area contributed by atoms with Crippen LogP contribution in [0.1, 0.15) is 25.8 Å². The lowest BCUT2D eigenvalue weighted by atomic mass is 10.1. The van der Waals surface area contributed by atoms with Crippen LogP contribution < -0.4 is 15.7 Å². The number of nitrogens with two attached hydrogens (primary N) is 1. The Hall–Kier alpha value is -3.12. The Morgan fingerprint density at radius 3 is 2.74 bits per heavy atom. The number of hydrogen-bond donors (Lipinski definition) is 2. The van der Waals surface area contributed by atoms with Crippen molar-refractivity contribution in [1.29, 1.82) is 0 Å². The maximum atomic E-state index is 16.1. The van der Waals surface area contributed by atoms with Gasteiger partial charge in [0.2, 0.25) is 11.8 Å². The van der Waals surface area contributed by atoms with E-state index >= 15 is 4.39 Å². The van der Waals surface area contributed by atoms with Gasteiger partial charge in [0.1, 0.15) is 25.4 Å². The molecule has 3 heterocycles. The van der Waals surface area contributed by atoms with Gasteiger partial charge in [0.25, 0.3) is 5.85 Å². The first kappa shape index (κ1) is 27.9. The Balaban J connectivity index is 1.56. The number of anilines is 2. The molecule has 38 heavy (non-hydrogen) atoms. The van der Waals surface area contributed by atoms with Gasteiger partial charge in [-0.2, -0.15) is 14.4 Å². The number of aromatic nitrogens is 4. The summed E-state index contributed by atoms with van der Waals surface area (Å²) < 4.78 is 34.3. The van der Waals surface area contributed by atoms with Crippen LogP contribution in [0, 0.1) is 0 Å². The lowest BCUT2D eigenvalue weighted by Crippen LogP contribution is -2.35. The number of hydrogen-bond acceptors (Lipinski definition) is 10. The third-order valence-corrected chi connectivity index (χ3v) is 9.01. The second kappa shape index (κ2) is 10.9. The van der Waals surface area contributed by atoms with Gasteiger partial charge in [-0.3, -0.25) is 14.4 Å². The van der Waals surface area contributed by atoms with Gasteiger partial charge < -0.3 is 24.6 Å². The van der Waals surface area contributed by atoms with E-state index in [1.54, 1.807) is 23.3 Å². The van der Waals surface area contributed by atoms with Crippen molar-refractivity contribution in [2.24, 2.45) is 0 Å². The Labute approximate surface area is 225 Å². The zero-order chi connectivity index (χ0) is 27.7. The Bertz CT molecular complexity index is 1420. The Kier molecular flexibility index (Phi) is 8.03. The number of ether oxygens (including phenoxy) is 2. The first-order valence-electron chi connectivity index (χ1n) is 11.8. The van der Waals surface area contributed by atoms with Crippen LogP contribution in [-0.4, -0.2) is 65.2 Å². The number of imidazole rings is 1. The molecule has 0 radical (unpaired) electrons. The van der Waals surface area contributed by atoms with Crippen LogP contribution in [0.3, 0.4) is 0 Å². The van der Waals surface area contributed by atoms with Crippen LogP contribution in [-0.2, 0) is 36.8 Å². The molecule has 1 unspecified atom stereocenters. The molecule has 3 aromatic rings. The monoisotopic (exact) mass is 563 g/mol. The standard InChI is InChI=1S/C24H31FN7O4PS/c1-15-11-24(25,36-21(15)32-14-27-18-19(31(3)4)28-23(26)29-20(18)32)13-35-37(38,30-16(2)22(33)34-5)12-17-9-7-6-8-10-17/h6-10,14,16H,11-13H2,1-5H3,(H,30,38)(H2,26,28,29)/t16-,24-,37?/m0/s1. The molecule has 0 amide bonds. The molecule has 0 spiro atoms. The summed E-state index contributed by atoms with van der Waals surface area (Å²) in [4.78, 5) is 26.8. The van der Waals surface area contributed by atoms with Crippen molar-refractivity contribution in [2.75, 3.05) is 38.4 Å². The normalized spacial score (nSPS) is 19.7. The second-order valence-electron chi connectivity index (χ2n) is 9.30. The number of nitrogens with zero attached hydrogens (tertiary/aromatic N) is 5. The summed E-state index contributed by atoms with van der Waals surface area (Å²) in [5.74, 6) is -1.86. The number of esters is 1. The van der Waals surface area contributed by atoms with Crippen LogP contribution in [0.5, 0.6) is 0 Å². The van der Waals surface area contributed by atoms with Crippen molar-refractivity contribution in [3.05, 3.63) is 47.8 Å². The highest BCUT2D eigenvalue weighted by molar-refractivity contribution is 8.10. The minimum Gasteiger partial charge on any atom is -0.468 e. The van der Waals surface area contributed by atoms with E-state index in [1.807, 2.05) is 44.4 Å². The summed E-state index contributed by atoms with van der Waals surface area (Å²) in [7, 11) is 4.92. The van der Waals surface area contributed by atoms with E-state index in [0.717, 1.165) is 5.56 Å². The maximum Gasteiger partial charge on any atom is 0.322 e. The van der Waals surface area contributed by atoms with Crippen molar-refractivity contribution in [2.45, 2.75) is 38.3 Å². The summed E-state index contributed by atoms with van der Waals surface area (Å²) in [5.41, 5.74) is 8.34. The molecule has 11 nitrogen and oxygen atoms in total. The number of nitrogen functional groups attached to an aromatic ring is 1. The van der Waals surface area contributed by atoms with E-state index in [0.29, 0.717) is 28.7 Å². The lowest BCUT2D eigenvalue weighted by molar-refractivity contribution is -0.142. The lowest BCUT2D eigenvalue weighted by Gasteiger charge is -2.29. The molecule has 4 rings (SSSR count). The molecule has 0 fully saturated rings. The molecule has 0 bridgehead atoms. The summed E-state index contributed by atoms with van der Waals surface area (Å²) in [5, 5.41) is 3.07. The van der Waals surface area contributed by atoms with Crippen molar-refractivity contribution in [3.63, 3.8) is 0 Å². The molecule has 1 aliphatic rings. The molecule has 14 heteroatoms. The maximum absolute atomic E-state index is 16.1. The highest BCUT2D eigenvalue weighted by Gasteiger charge is 2.43. The van der Waals surface area contributed by atoms with Crippen LogP contribution in [0.4, 0.5) is 16.2 Å². The minimum absolute atomic E-state index is 0.0569. The molecule has 3 atom stereocenters. The topological polar surface area (TPSA) is 130 Å². The van der Waals surface area contributed by atoms with E-state index in [2.05, 4.69) is 20.0 Å². The van der Waals surface area contributed by atoms with Crippen LogP contribution in [0.15, 0.2) is 42.2 Å². The van der Waals surface area contributed by atoms with E-state index in [-0.39, 0.29) is 18.3 Å². The number of alkyl halides is 1. The number of carbonyl (C=O) groups is 1. The van der Waals surface area contributed by atoms with E-state index in [4.69, 9.17) is 31.5 Å². The van der Waals surface area contributed by atoms with Gasteiger partial charge in [-0.25, -0.2) is 4.98 Å². The molecule has 2 aromatic heterocycles. The van der Waals surface area contributed by atoms with Crippen molar-refractivity contribution in [3.8, 4) is 0 Å². The third kappa shape index (κ3) is 5.96. The van der Waals surface area contributed by atoms with Crippen molar-refractivity contribution >= 4 is 53.0 Å². The number of nitrogens with one attached hydrogen (secondary N) is 1. The molecule has 3 N–H and O–H groups in total. The van der Waals surface area contributed by atoms with Crippen LogP contribution >= 0.6 is 6.42 Å². The van der Waals surface area contributed by atoms with Gasteiger partial charge in [-0.05, 0) is 36.8 Å². The Morgan fingerprint density at radius 2 is 2.08 bits per heavy atom. The highest BCUT2D eigenvalue weighted by atomic mass is 32.4. The molecule has 0 saturated heterocycles. The van der Waals surface area contributed by atoms with Gasteiger partial charge >= 0.3 is 5.97 Å². The second-order valence-corrected chi connectivity index (χ2v) is 13.2. The first-order valence-corrected chi connectivity index (χ1v) is 14.7. The largest absolute Gasteiger partial charge is 0.468 e. The SMILES string of the molecule is COC(=O)[C@H](C)NP(=S)(Cc1ccccc1)OC[C@]1(F)CC(C)=C(n2cnc3c(N(C)C)nc(N)nc32)O1. The fourth-order valence-corrected chi connectivity index (χ4v) is 7.27. The van der Waals surface area contributed by atoms with E-state index in [1.165, 1.54) is 13.4 Å². The third-order valence-electron chi connectivity index (χ3n) is 5.88. The number of benzene rings is 1. The number of rotatable bonds is 10. The molecule has 0 saturated carbocycles. The van der Waals surface area contributed by atoms with Crippen LogP contribution in [0.2, 0.25) is 0 Å². The highest BCUT2D eigenvalue weighted by Crippen LogP contribution is 2.50. The smallest absolute Gasteiger partial charge is 0.322 e. The predicted molar refractivity (Wildman–Crippen MR) is 147 cm³/mol. The summed E-state index contributed by atoms with van der Waals surface area (Å²) in [6.45, 7) is 2.94. The zero-order valence-electron chi connectivity index (χ0n) is 21.8. The molecule has 1 aromatic carbocycles. The summed E-state index contributed by atoms with van der Waals surface area (Å²) >= 11 is 5.85. The minimum atomic E-state index is -2.94. The molecule has 0 aliphatic carbocycles. The van der Waals surface area contributed by atoms with Crippen molar-refractivity contribution < 1.29 is 23.2 Å². The first-order chi connectivity index (χ1) is 17.9. The molecule has 204 valence electrons. The molecular weight excluding hydrogens is 532 g/mol. The molecule has 1 aliphatic heterocycles. The Morgan fingerprint density at radius 1 is 1.37 bits per heavy atom. The average Bonchev–Trinajstić information content (AvgIpc) is 3.42. The van der Waals surface area contributed by atoms with E-state index in [9.17, 15) is 4.79 Å². The fraction of sp³-hybridized carbons (Fsp3) is 0.417. The van der Waals surface area contributed by atoms with Gasteiger partial charge in [-0.15, -0.1) is 0 Å².